The molecule has 2 heterocycles. The van der Waals surface area contributed by atoms with Crippen LogP contribution in [-0.4, -0.2) is 47.0 Å². The lowest BCUT2D eigenvalue weighted by Gasteiger charge is -2.52. The van der Waals surface area contributed by atoms with Gasteiger partial charge in [0.05, 0.1) is 41.6 Å². The summed E-state index contributed by atoms with van der Waals surface area (Å²) in [5.41, 5.74) is -5.22. The Hall–Kier alpha value is -4.43. The normalized spacial score (nSPS) is 22.1. The lowest BCUT2D eigenvalue weighted by molar-refractivity contribution is -0.143. The first kappa shape index (κ1) is 39.4. The van der Waals surface area contributed by atoms with E-state index in [1.54, 1.807) is 68.4 Å². The van der Waals surface area contributed by atoms with Crippen LogP contribution >= 0.6 is 0 Å². The number of likely N-dealkylation sites (tertiary alicyclic amines) is 1. The Morgan fingerprint density at radius 1 is 0.863 bits per heavy atom. The van der Waals surface area contributed by atoms with Gasteiger partial charge in [0.1, 0.15) is 17.9 Å². The molecule has 2 saturated heterocycles. The van der Waals surface area contributed by atoms with E-state index >= 15 is 0 Å². The first-order valence-corrected chi connectivity index (χ1v) is 16.2. The third-order valence-corrected chi connectivity index (χ3v) is 8.71. The van der Waals surface area contributed by atoms with Crippen LogP contribution in [0.3, 0.4) is 0 Å². The molecule has 3 aromatic rings. The molecule has 2 fully saturated rings. The number of amides is 2. The number of alkyl halides is 6. The summed E-state index contributed by atoms with van der Waals surface area (Å²) in [6, 6.07) is 19.0. The van der Waals surface area contributed by atoms with Gasteiger partial charge in [0.15, 0.2) is 0 Å². The van der Waals surface area contributed by atoms with Gasteiger partial charge in [0.2, 0.25) is 5.91 Å². The van der Waals surface area contributed by atoms with E-state index in [0.717, 1.165) is 0 Å². The molecule has 2 aliphatic heterocycles. The van der Waals surface area contributed by atoms with Crippen LogP contribution in [-0.2, 0) is 43.6 Å². The minimum atomic E-state index is -5.03. The monoisotopic (exact) mass is 721 g/mol. The van der Waals surface area contributed by atoms with Gasteiger partial charge in [0, 0.05) is 0 Å². The van der Waals surface area contributed by atoms with Crippen molar-refractivity contribution in [2.24, 2.45) is 0 Å². The van der Waals surface area contributed by atoms with Crippen LogP contribution in [0, 0.1) is 0 Å². The third-order valence-electron chi connectivity index (χ3n) is 8.71. The van der Waals surface area contributed by atoms with E-state index < -0.39 is 52.4 Å². The predicted octanol–water partition coefficient (Wildman–Crippen LogP) is 7.92. The van der Waals surface area contributed by atoms with E-state index in [1.807, 2.05) is 6.07 Å². The molecular weight excluding hydrogens is 680 g/mol. The standard InChI is InChI=1S/C34H35F6N3O4.C3H6O/c1-22(24-16-26(33(35,36)37)18-27(17-24)34(38,39)40)47-21-32(25-12-8-5-9-13-25)15-14-31(28(44)41-30(2,3)42-31)20-43(32)29(45)46-19-23-10-6-4-7-11-23;1-3(2)4/h4-13,16-18,22,42H,14-15,19-21H2,1-3H3,(H,41,44);1-2H3/t22-,31+,32-;/m1./s1. The number of Topliss-reactive ketones (excluding diaryl/α,β-unsaturated/α-hetero) is 1. The first-order chi connectivity index (χ1) is 23.7. The van der Waals surface area contributed by atoms with Crippen LogP contribution in [0.2, 0.25) is 0 Å². The van der Waals surface area contributed by atoms with Crippen LogP contribution in [0.4, 0.5) is 31.1 Å². The largest absolute Gasteiger partial charge is 0.445 e. The molecule has 3 atom stereocenters. The third kappa shape index (κ3) is 9.47. The van der Waals surface area contributed by atoms with Crippen molar-refractivity contribution in [3.63, 3.8) is 0 Å². The van der Waals surface area contributed by atoms with Gasteiger partial charge in [-0.1, -0.05) is 60.7 Å². The van der Waals surface area contributed by atoms with E-state index in [2.05, 4.69) is 10.6 Å². The number of hydrogen-bond acceptors (Lipinski definition) is 6. The predicted molar refractivity (Wildman–Crippen MR) is 176 cm³/mol. The SMILES string of the molecule is CC(C)=O.C[C@@H](OC[C@@]1(c2ccccc2)CC[C@@]2(CN1C(=O)OCc1ccccc1)NC(C)(C)NC2=O)c1cc(C(F)(F)F)cc(C(F)(F)F)c1. The van der Waals surface area contributed by atoms with Crippen molar-refractivity contribution in [1.29, 1.82) is 0 Å². The molecule has 0 bridgehead atoms. The summed E-state index contributed by atoms with van der Waals surface area (Å²) >= 11 is 0. The molecule has 0 saturated carbocycles. The first-order valence-electron chi connectivity index (χ1n) is 16.2. The highest BCUT2D eigenvalue weighted by Crippen LogP contribution is 2.45. The number of carbonyl (C=O) groups excluding carboxylic acids is 3. The highest BCUT2D eigenvalue weighted by Gasteiger charge is 2.59. The Morgan fingerprint density at radius 2 is 1.39 bits per heavy atom. The summed E-state index contributed by atoms with van der Waals surface area (Å²) < 4.78 is 93.6. The van der Waals surface area contributed by atoms with Crippen molar-refractivity contribution in [2.75, 3.05) is 13.2 Å². The summed E-state index contributed by atoms with van der Waals surface area (Å²) in [6.45, 7) is 7.42. The molecular formula is C37H41F6N3O5. The van der Waals surface area contributed by atoms with Gasteiger partial charge >= 0.3 is 18.4 Å². The molecule has 0 unspecified atom stereocenters. The molecule has 0 aromatic heterocycles. The molecule has 14 heteroatoms. The number of ketones is 1. The Balaban J connectivity index is 0.00000138. The van der Waals surface area contributed by atoms with E-state index in [9.17, 15) is 40.7 Å². The lowest BCUT2D eigenvalue weighted by Crippen LogP contribution is -2.67. The zero-order valence-electron chi connectivity index (χ0n) is 28.9. The maximum atomic E-state index is 14.0. The van der Waals surface area contributed by atoms with Gasteiger partial charge in [-0.2, -0.15) is 26.3 Å². The molecule has 2 aliphatic rings. The van der Waals surface area contributed by atoms with Crippen molar-refractivity contribution >= 4 is 17.8 Å². The van der Waals surface area contributed by atoms with Crippen LogP contribution in [0.5, 0.6) is 0 Å². The van der Waals surface area contributed by atoms with Crippen LogP contribution in [0.25, 0.3) is 0 Å². The molecule has 1 spiro atoms. The number of rotatable bonds is 7. The Kier molecular flexibility index (Phi) is 11.6. The average Bonchev–Trinajstić information content (AvgIpc) is 3.28. The number of halogens is 6. The fraction of sp³-hybridized carbons (Fsp3) is 0.432. The molecule has 0 aliphatic carbocycles. The number of ether oxygens (including phenoxy) is 2. The minimum Gasteiger partial charge on any atom is -0.445 e. The molecule has 2 amide bonds. The number of benzene rings is 3. The Bertz CT molecular complexity index is 1660. The molecule has 0 radical (unpaired) electrons. The van der Waals surface area contributed by atoms with Crippen molar-refractivity contribution in [3.8, 4) is 0 Å². The van der Waals surface area contributed by atoms with Crippen molar-refractivity contribution in [3.05, 3.63) is 107 Å². The Morgan fingerprint density at radius 3 is 1.88 bits per heavy atom. The van der Waals surface area contributed by atoms with Crippen molar-refractivity contribution in [1.82, 2.24) is 15.5 Å². The summed E-state index contributed by atoms with van der Waals surface area (Å²) in [4.78, 5) is 38.2. The lowest BCUT2D eigenvalue weighted by atomic mass is 9.74. The number of carbonyl (C=O) groups is 3. The van der Waals surface area contributed by atoms with E-state index in [4.69, 9.17) is 9.47 Å². The number of nitrogens with one attached hydrogen (secondary N) is 2. The van der Waals surface area contributed by atoms with Crippen molar-refractivity contribution in [2.45, 2.75) is 89.3 Å². The second-order valence-corrected chi connectivity index (χ2v) is 13.5. The summed E-state index contributed by atoms with van der Waals surface area (Å²) in [6.07, 6.45) is -11.7. The fourth-order valence-corrected chi connectivity index (χ4v) is 6.32. The average molecular weight is 722 g/mol. The molecule has 3 aromatic carbocycles. The minimum absolute atomic E-state index is 0.0634. The second kappa shape index (κ2) is 15.0. The molecule has 276 valence electrons. The summed E-state index contributed by atoms with van der Waals surface area (Å²) in [7, 11) is 0. The quantitative estimate of drug-likeness (QED) is 0.241. The zero-order chi connectivity index (χ0) is 37.8. The number of piperidine rings is 1. The molecule has 51 heavy (non-hydrogen) atoms. The van der Waals surface area contributed by atoms with Gasteiger partial charge < -0.3 is 19.6 Å². The van der Waals surface area contributed by atoms with E-state index in [-0.39, 0.29) is 55.9 Å². The number of hydrogen-bond donors (Lipinski definition) is 2. The van der Waals surface area contributed by atoms with E-state index in [0.29, 0.717) is 23.3 Å². The second-order valence-electron chi connectivity index (χ2n) is 13.5. The zero-order valence-corrected chi connectivity index (χ0v) is 28.9. The fourth-order valence-electron chi connectivity index (χ4n) is 6.32. The van der Waals surface area contributed by atoms with Gasteiger partial charge in [0.25, 0.3) is 0 Å². The summed E-state index contributed by atoms with van der Waals surface area (Å²) in [5, 5.41) is 6.21. The molecule has 5 rings (SSSR count). The maximum absolute atomic E-state index is 14.0. The number of nitrogens with zero attached hydrogens (tertiary/aromatic N) is 1. The van der Waals surface area contributed by atoms with E-state index in [1.165, 1.54) is 25.7 Å². The summed E-state index contributed by atoms with van der Waals surface area (Å²) in [5.74, 6) is -0.150. The van der Waals surface area contributed by atoms with Crippen LogP contribution in [0.1, 0.15) is 81.4 Å². The highest BCUT2D eigenvalue weighted by atomic mass is 19.4. The topological polar surface area (TPSA) is 97.0 Å². The van der Waals surface area contributed by atoms with Gasteiger partial charge in [-0.25, -0.2) is 4.79 Å². The van der Waals surface area contributed by atoms with Crippen LogP contribution < -0.4 is 10.6 Å². The molecule has 2 N–H and O–H groups in total. The van der Waals surface area contributed by atoms with Gasteiger partial charge in [-0.3, -0.25) is 15.0 Å². The van der Waals surface area contributed by atoms with Gasteiger partial charge in [-0.05, 0) is 82.3 Å². The highest BCUT2D eigenvalue weighted by molar-refractivity contribution is 5.90. The van der Waals surface area contributed by atoms with Crippen molar-refractivity contribution < 1.29 is 50.2 Å². The Labute approximate surface area is 292 Å². The smallest absolute Gasteiger partial charge is 0.416 e. The maximum Gasteiger partial charge on any atom is 0.416 e. The van der Waals surface area contributed by atoms with Crippen LogP contribution in [0.15, 0.2) is 78.9 Å². The van der Waals surface area contributed by atoms with Gasteiger partial charge in [-0.15, -0.1) is 0 Å². The molecule has 8 nitrogen and oxygen atoms in total.